The number of likely N-dealkylation sites (tertiary alicyclic amines) is 1. The number of phenolic OH excluding ortho intramolecular Hbond substituents is 1. The number of nitrogens with one attached hydrogen (secondary N) is 1. The first-order valence-electron chi connectivity index (χ1n) is 11.3. The third-order valence-electron chi connectivity index (χ3n) is 8.45. The fourth-order valence-corrected chi connectivity index (χ4v) is 7.13. The van der Waals surface area contributed by atoms with E-state index in [1.54, 1.807) is 13.2 Å². The van der Waals surface area contributed by atoms with Crippen LogP contribution in [-0.2, 0) is 26.2 Å². The van der Waals surface area contributed by atoms with Gasteiger partial charge in [0, 0.05) is 31.2 Å². The number of methoxy groups -OCH3 is 1. The van der Waals surface area contributed by atoms with Gasteiger partial charge in [-0.25, -0.2) is 0 Å². The number of hydrogen-bond donors (Lipinski definition) is 4. The molecule has 0 unspecified atom stereocenters. The molecule has 1 spiro atoms. The van der Waals surface area contributed by atoms with E-state index in [1.807, 2.05) is 6.07 Å². The summed E-state index contributed by atoms with van der Waals surface area (Å²) in [5.74, 6) is -0.925. The van der Waals surface area contributed by atoms with E-state index in [2.05, 4.69) is 17.3 Å². The lowest BCUT2D eigenvalue weighted by Gasteiger charge is -2.65. The molecule has 1 saturated carbocycles. The maximum atomic E-state index is 11.9. The predicted octanol–water partition coefficient (Wildman–Crippen LogP) is 0.507. The monoisotopic (exact) mass is 445 g/mol. The van der Waals surface area contributed by atoms with Crippen molar-refractivity contribution in [2.24, 2.45) is 5.73 Å². The van der Waals surface area contributed by atoms with E-state index in [0.717, 1.165) is 36.9 Å². The maximum absolute atomic E-state index is 11.9. The van der Waals surface area contributed by atoms with Crippen LogP contribution in [0.2, 0.25) is 0 Å². The molecule has 174 valence electrons. The van der Waals surface area contributed by atoms with E-state index in [9.17, 15) is 19.8 Å². The highest BCUT2D eigenvalue weighted by Crippen LogP contribution is 2.66. The highest BCUT2D eigenvalue weighted by molar-refractivity contribution is 5.77. The van der Waals surface area contributed by atoms with Gasteiger partial charge < -0.3 is 30.3 Å². The summed E-state index contributed by atoms with van der Waals surface area (Å²) < 4.78 is 12.9. The van der Waals surface area contributed by atoms with Crippen molar-refractivity contribution in [3.63, 3.8) is 0 Å². The van der Waals surface area contributed by atoms with Crippen molar-refractivity contribution in [1.82, 2.24) is 10.2 Å². The van der Waals surface area contributed by atoms with Gasteiger partial charge in [0.05, 0.1) is 11.0 Å². The molecule has 5 N–H and O–H groups in total. The number of nitrogens with two attached hydrogens (primary N) is 1. The number of benzene rings is 1. The van der Waals surface area contributed by atoms with Gasteiger partial charge in [-0.2, -0.15) is 0 Å². The number of rotatable bonds is 7. The molecule has 0 aromatic heterocycles. The van der Waals surface area contributed by atoms with Crippen LogP contribution >= 0.6 is 0 Å². The number of aromatic hydroxyl groups is 1. The number of aliphatic carboxylic acids is 1. The molecule has 1 aromatic carbocycles. The Labute approximate surface area is 186 Å². The number of carbonyl (C=O) groups is 2. The van der Waals surface area contributed by atoms with Crippen LogP contribution < -0.4 is 15.8 Å². The molecular formula is C23H31N3O6. The summed E-state index contributed by atoms with van der Waals surface area (Å²) in [5, 5.41) is 23.7. The Hall–Kier alpha value is -2.36. The lowest BCUT2D eigenvalue weighted by Crippen LogP contribution is -2.78. The van der Waals surface area contributed by atoms with Crippen LogP contribution in [0.3, 0.4) is 0 Å². The number of carboxylic acid groups (broad SMARTS) is 1. The smallest absolute Gasteiger partial charge is 0.320 e. The highest BCUT2D eigenvalue weighted by Gasteiger charge is 2.73. The van der Waals surface area contributed by atoms with Crippen LogP contribution in [0.15, 0.2) is 12.1 Å². The van der Waals surface area contributed by atoms with Crippen molar-refractivity contribution in [3.8, 4) is 11.5 Å². The summed E-state index contributed by atoms with van der Waals surface area (Å²) in [4.78, 5) is 25.5. The number of carboxylic acids is 1. The average Bonchev–Trinajstić information content (AvgIpc) is 3.11. The Kier molecular flexibility index (Phi) is 4.92. The Morgan fingerprint density at radius 3 is 2.88 bits per heavy atom. The fraction of sp³-hybridized carbons (Fsp3) is 0.652. The lowest BCUT2D eigenvalue weighted by atomic mass is 9.48. The first kappa shape index (κ1) is 21.5. The molecule has 32 heavy (non-hydrogen) atoms. The van der Waals surface area contributed by atoms with Gasteiger partial charge in [0.15, 0.2) is 11.5 Å². The largest absolute Gasteiger partial charge is 0.504 e. The molecule has 1 aromatic rings. The third kappa shape index (κ3) is 2.67. The number of carbonyl (C=O) groups excluding carboxylic acids is 1. The molecule has 2 fully saturated rings. The number of likely N-dealkylation sites (N-methyl/N-ethyl adjacent to an activating group) is 1. The Morgan fingerprint density at radius 2 is 2.19 bits per heavy atom. The normalized spacial score (nSPS) is 35.6. The second-order valence-corrected chi connectivity index (χ2v) is 9.71. The predicted molar refractivity (Wildman–Crippen MR) is 115 cm³/mol. The van der Waals surface area contributed by atoms with Crippen LogP contribution in [-0.4, -0.2) is 77.5 Å². The standard InChI is InChI=1S/C23H31N3O6/c1-26-10-9-22-18-12-3-5-15(27)19(18)32-20(22)13(7-8-23(22,31-2)16(26)11-12)25-14(21(29)30)4-6-17(24)28/h3,5,13-14,16,20,25,27H,4,6-11H2,1-2H3,(H2,24,28)(H,29,30)/t13-,14+,16-,20+,22+,23-/m1/s1. The van der Waals surface area contributed by atoms with Crippen molar-refractivity contribution in [2.75, 3.05) is 20.7 Å². The molecular weight excluding hydrogens is 414 g/mol. The summed E-state index contributed by atoms with van der Waals surface area (Å²) in [6.07, 6.45) is 2.74. The number of hydrogen-bond acceptors (Lipinski definition) is 7. The first-order valence-corrected chi connectivity index (χ1v) is 11.3. The highest BCUT2D eigenvalue weighted by atomic mass is 16.5. The number of piperidine rings is 1. The SMILES string of the molecule is CO[C@@]12CC[C@@H](N[C@@H](CCC(N)=O)C(=O)O)[C@@H]3Oc4c(O)ccc5c4[C@@]31CCN(C)[C@@H]2C5. The molecule has 1 saturated heterocycles. The summed E-state index contributed by atoms with van der Waals surface area (Å²) in [6, 6.07) is 2.66. The van der Waals surface area contributed by atoms with E-state index >= 15 is 0 Å². The minimum atomic E-state index is -1.02. The van der Waals surface area contributed by atoms with E-state index in [4.69, 9.17) is 15.2 Å². The molecule has 2 heterocycles. The Bertz CT molecular complexity index is 969. The van der Waals surface area contributed by atoms with Crippen LogP contribution in [0.5, 0.6) is 11.5 Å². The van der Waals surface area contributed by atoms with Gasteiger partial charge >= 0.3 is 5.97 Å². The second-order valence-electron chi connectivity index (χ2n) is 9.71. The van der Waals surface area contributed by atoms with Gasteiger partial charge in [0.25, 0.3) is 0 Å². The van der Waals surface area contributed by atoms with Gasteiger partial charge in [0.1, 0.15) is 12.1 Å². The van der Waals surface area contributed by atoms with Crippen LogP contribution in [0.1, 0.15) is 43.2 Å². The second kappa shape index (κ2) is 7.33. The van der Waals surface area contributed by atoms with Crippen molar-refractivity contribution in [2.45, 2.75) is 73.8 Å². The average molecular weight is 446 g/mol. The quantitative estimate of drug-likeness (QED) is 0.477. The van der Waals surface area contributed by atoms with Crippen molar-refractivity contribution >= 4 is 11.9 Å². The Balaban J connectivity index is 1.59. The third-order valence-corrected chi connectivity index (χ3v) is 8.45. The van der Waals surface area contributed by atoms with Gasteiger partial charge in [-0.3, -0.25) is 14.9 Å². The molecule has 2 aliphatic heterocycles. The van der Waals surface area contributed by atoms with E-state index in [-0.39, 0.29) is 36.8 Å². The van der Waals surface area contributed by atoms with Crippen molar-refractivity contribution < 1.29 is 29.3 Å². The number of amides is 1. The summed E-state index contributed by atoms with van der Waals surface area (Å²) in [5.41, 5.74) is 6.48. The summed E-state index contributed by atoms with van der Waals surface area (Å²) in [6.45, 7) is 0.862. The van der Waals surface area contributed by atoms with E-state index in [1.165, 1.54) is 0 Å². The van der Waals surface area contributed by atoms with Gasteiger partial charge in [-0.05, 0) is 57.3 Å². The lowest BCUT2D eigenvalue weighted by molar-refractivity contribution is -0.204. The molecule has 0 radical (unpaired) electrons. The minimum Gasteiger partial charge on any atom is -0.504 e. The fourth-order valence-electron chi connectivity index (χ4n) is 7.13. The molecule has 6 atom stereocenters. The molecule has 1 amide bonds. The molecule has 2 aliphatic carbocycles. The van der Waals surface area contributed by atoms with E-state index in [0.29, 0.717) is 12.2 Å². The first-order chi connectivity index (χ1) is 15.2. The maximum Gasteiger partial charge on any atom is 0.320 e. The number of primary amides is 1. The Morgan fingerprint density at radius 1 is 1.41 bits per heavy atom. The molecule has 4 aliphatic rings. The minimum absolute atomic E-state index is 0.00655. The van der Waals surface area contributed by atoms with Gasteiger partial charge in [0.2, 0.25) is 5.91 Å². The van der Waals surface area contributed by atoms with Gasteiger partial charge in [-0.1, -0.05) is 6.07 Å². The zero-order valence-electron chi connectivity index (χ0n) is 18.5. The van der Waals surface area contributed by atoms with E-state index < -0.39 is 28.9 Å². The van der Waals surface area contributed by atoms with Gasteiger partial charge in [-0.15, -0.1) is 0 Å². The molecule has 9 nitrogen and oxygen atoms in total. The molecule has 9 heteroatoms. The molecule has 2 bridgehead atoms. The zero-order chi connectivity index (χ0) is 22.8. The molecule has 5 rings (SSSR count). The van der Waals surface area contributed by atoms with Crippen LogP contribution in [0.25, 0.3) is 0 Å². The summed E-state index contributed by atoms with van der Waals surface area (Å²) in [7, 11) is 3.89. The van der Waals surface area contributed by atoms with Crippen LogP contribution in [0.4, 0.5) is 0 Å². The van der Waals surface area contributed by atoms with Crippen LogP contribution in [0, 0.1) is 0 Å². The zero-order valence-corrected chi connectivity index (χ0v) is 18.5. The van der Waals surface area contributed by atoms with Crippen molar-refractivity contribution in [1.29, 1.82) is 0 Å². The number of phenols is 1. The number of ether oxygens (including phenoxy) is 2. The van der Waals surface area contributed by atoms with Crippen molar-refractivity contribution in [3.05, 3.63) is 23.3 Å². The summed E-state index contributed by atoms with van der Waals surface area (Å²) >= 11 is 0. The topological polar surface area (TPSA) is 134 Å². The number of nitrogens with zero attached hydrogens (tertiary/aromatic N) is 1.